The number of carboxylic acids is 1. The number of aromatic carboxylic acids is 1. The molecule has 0 bridgehead atoms. The number of aryl methyl sites for hydroxylation is 1. The first-order valence-corrected chi connectivity index (χ1v) is 7.04. The van der Waals surface area contributed by atoms with Gasteiger partial charge in [0.2, 0.25) is 0 Å². The second-order valence-electron chi connectivity index (χ2n) is 4.65. The lowest BCUT2D eigenvalue weighted by atomic mass is 10.1. The molecule has 0 saturated heterocycles. The lowest BCUT2D eigenvalue weighted by Crippen LogP contribution is -2.30. The maximum absolute atomic E-state index is 11.0. The van der Waals surface area contributed by atoms with E-state index in [-0.39, 0.29) is 5.56 Å². The van der Waals surface area contributed by atoms with E-state index in [0.29, 0.717) is 5.69 Å². The Balaban J connectivity index is 1.88. The van der Waals surface area contributed by atoms with Crippen LogP contribution in [0.15, 0.2) is 23.6 Å². The number of thiophene rings is 1. The van der Waals surface area contributed by atoms with Gasteiger partial charge in [-0.1, -0.05) is 0 Å². The van der Waals surface area contributed by atoms with Crippen molar-refractivity contribution < 1.29 is 9.90 Å². The minimum atomic E-state index is -0.921. The molecule has 0 radical (unpaired) electrons. The summed E-state index contributed by atoms with van der Waals surface area (Å²) in [5.74, 6) is -0.0605. The van der Waals surface area contributed by atoms with E-state index < -0.39 is 5.97 Å². The maximum Gasteiger partial charge on any atom is 0.337 e. The molecule has 0 aliphatic carbocycles. The number of hydrogen-bond acceptors (Lipinski definition) is 4. The minimum Gasteiger partial charge on any atom is -0.478 e. The lowest BCUT2D eigenvalue weighted by molar-refractivity contribution is 0.0695. The van der Waals surface area contributed by atoms with Gasteiger partial charge in [0.25, 0.3) is 0 Å². The molecule has 4 nitrogen and oxygen atoms in total. The topological polar surface area (TPSA) is 53.4 Å². The zero-order valence-electron chi connectivity index (χ0n) is 10.6. The third kappa shape index (κ3) is 2.21. The highest BCUT2D eigenvalue weighted by Gasteiger charge is 2.19. The molecule has 5 heteroatoms. The smallest absolute Gasteiger partial charge is 0.337 e. The zero-order valence-corrected chi connectivity index (χ0v) is 11.4. The molecule has 0 unspecified atom stereocenters. The first-order chi connectivity index (χ1) is 9.15. The SMILES string of the molecule is Cc1nc(N2CCc3sccc3C2)ccc1C(=O)O. The van der Waals surface area contributed by atoms with Gasteiger partial charge >= 0.3 is 5.97 Å². The quantitative estimate of drug-likeness (QED) is 0.915. The Bertz CT molecular complexity index is 636. The van der Waals surface area contributed by atoms with Crippen LogP contribution in [0, 0.1) is 6.92 Å². The number of carboxylic acid groups (broad SMARTS) is 1. The Morgan fingerprint density at radius 1 is 1.42 bits per heavy atom. The highest BCUT2D eigenvalue weighted by Crippen LogP contribution is 2.27. The first kappa shape index (κ1) is 12.2. The van der Waals surface area contributed by atoms with Crippen LogP contribution >= 0.6 is 11.3 Å². The fraction of sp³-hybridized carbons (Fsp3) is 0.286. The van der Waals surface area contributed by atoms with Gasteiger partial charge in [-0.25, -0.2) is 9.78 Å². The van der Waals surface area contributed by atoms with E-state index in [9.17, 15) is 4.79 Å². The number of rotatable bonds is 2. The highest BCUT2D eigenvalue weighted by atomic mass is 32.1. The van der Waals surface area contributed by atoms with Crippen LogP contribution in [0.4, 0.5) is 5.82 Å². The van der Waals surface area contributed by atoms with Crippen molar-refractivity contribution in [3.05, 3.63) is 45.3 Å². The van der Waals surface area contributed by atoms with E-state index in [0.717, 1.165) is 25.3 Å². The molecular weight excluding hydrogens is 260 g/mol. The lowest BCUT2D eigenvalue weighted by Gasteiger charge is -2.28. The number of fused-ring (bicyclic) bond motifs is 1. The molecule has 2 aromatic rings. The van der Waals surface area contributed by atoms with E-state index in [2.05, 4.69) is 21.3 Å². The van der Waals surface area contributed by atoms with Crippen molar-refractivity contribution in [1.82, 2.24) is 4.98 Å². The van der Waals surface area contributed by atoms with Gasteiger partial charge in [0.05, 0.1) is 11.3 Å². The largest absolute Gasteiger partial charge is 0.478 e. The van der Waals surface area contributed by atoms with Gasteiger partial charge in [0, 0.05) is 18.0 Å². The summed E-state index contributed by atoms with van der Waals surface area (Å²) < 4.78 is 0. The van der Waals surface area contributed by atoms with Gasteiger partial charge in [0.1, 0.15) is 5.82 Å². The molecule has 3 rings (SSSR count). The average Bonchev–Trinajstić information content (AvgIpc) is 2.85. The summed E-state index contributed by atoms with van der Waals surface area (Å²) in [4.78, 5) is 19.1. The third-order valence-corrected chi connectivity index (χ3v) is 4.46. The van der Waals surface area contributed by atoms with Crippen LogP contribution < -0.4 is 4.90 Å². The molecule has 98 valence electrons. The Hall–Kier alpha value is -1.88. The molecule has 1 N–H and O–H groups in total. The Kier molecular flexibility index (Phi) is 2.98. The van der Waals surface area contributed by atoms with Gasteiger partial charge in [-0.3, -0.25) is 0 Å². The van der Waals surface area contributed by atoms with Gasteiger partial charge in [-0.2, -0.15) is 0 Å². The molecule has 0 spiro atoms. The van der Waals surface area contributed by atoms with Crippen molar-refractivity contribution in [1.29, 1.82) is 0 Å². The third-order valence-electron chi connectivity index (χ3n) is 3.43. The molecule has 0 aromatic carbocycles. The fourth-order valence-electron chi connectivity index (χ4n) is 2.39. The summed E-state index contributed by atoms with van der Waals surface area (Å²) >= 11 is 1.81. The van der Waals surface area contributed by atoms with Crippen LogP contribution in [-0.2, 0) is 13.0 Å². The van der Waals surface area contributed by atoms with Gasteiger partial charge in [-0.05, 0) is 42.5 Å². The monoisotopic (exact) mass is 274 g/mol. The fourth-order valence-corrected chi connectivity index (χ4v) is 3.28. The van der Waals surface area contributed by atoms with Crippen molar-refractivity contribution in [2.24, 2.45) is 0 Å². The van der Waals surface area contributed by atoms with Crippen LogP contribution in [0.1, 0.15) is 26.5 Å². The molecule has 1 aliphatic rings. The van der Waals surface area contributed by atoms with Gasteiger partial charge < -0.3 is 10.0 Å². The van der Waals surface area contributed by atoms with Crippen LogP contribution in [-0.4, -0.2) is 22.6 Å². The number of hydrogen-bond donors (Lipinski definition) is 1. The Labute approximate surface area is 115 Å². The maximum atomic E-state index is 11.0. The number of aromatic nitrogens is 1. The summed E-state index contributed by atoms with van der Waals surface area (Å²) in [6.07, 6.45) is 1.04. The molecule has 3 heterocycles. The van der Waals surface area contributed by atoms with Gasteiger partial charge in [-0.15, -0.1) is 11.3 Å². The summed E-state index contributed by atoms with van der Waals surface area (Å²) in [5.41, 5.74) is 2.20. The first-order valence-electron chi connectivity index (χ1n) is 6.16. The molecule has 0 amide bonds. The molecular formula is C14H14N2O2S. The molecule has 0 fully saturated rings. The van der Waals surface area contributed by atoms with Crippen molar-refractivity contribution in [3.8, 4) is 0 Å². The van der Waals surface area contributed by atoms with E-state index in [1.165, 1.54) is 10.4 Å². The molecule has 1 aliphatic heterocycles. The van der Waals surface area contributed by atoms with E-state index in [4.69, 9.17) is 5.11 Å². The Morgan fingerprint density at radius 3 is 3.00 bits per heavy atom. The number of anilines is 1. The Morgan fingerprint density at radius 2 is 2.26 bits per heavy atom. The predicted molar refractivity (Wildman–Crippen MR) is 75.0 cm³/mol. The summed E-state index contributed by atoms with van der Waals surface area (Å²) in [5, 5.41) is 11.1. The average molecular weight is 274 g/mol. The van der Waals surface area contributed by atoms with Gasteiger partial charge in [0.15, 0.2) is 0 Å². The van der Waals surface area contributed by atoms with Crippen LogP contribution in [0.25, 0.3) is 0 Å². The van der Waals surface area contributed by atoms with Crippen molar-refractivity contribution >= 4 is 23.1 Å². The van der Waals surface area contributed by atoms with E-state index >= 15 is 0 Å². The normalized spacial score (nSPS) is 14.3. The van der Waals surface area contributed by atoms with Crippen LogP contribution in [0.5, 0.6) is 0 Å². The number of carbonyl (C=O) groups is 1. The van der Waals surface area contributed by atoms with E-state index in [1.54, 1.807) is 19.1 Å². The predicted octanol–water partition coefficient (Wildman–Crippen LogP) is 2.71. The second kappa shape index (κ2) is 4.66. The van der Waals surface area contributed by atoms with E-state index in [1.807, 2.05) is 11.3 Å². The highest BCUT2D eigenvalue weighted by molar-refractivity contribution is 7.10. The molecule has 19 heavy (non-hydrogen) atoms. The van der Waals surface area contributed by atoms with Crippen molar-refractivity contribution in [3.63, 3.8) is 0 Å². The minimum absolute atomic E-state index is 0.275. The summed E-state index contributed by atoms with van der Waals surface area (Å²) in [6, 6.07) is 5.60. The van der Waals surface area contributed by atoms with Crippen molar-refractivity contribution in [2.45, 2.75) is 19.9 Å². The van der Waals surface area contributed by atoms with Crippen molar-refractivity contribution in [2.75, 3.05) is 11.4 Å². The summed E-state index contributed by atoms with van der Waals surface area (Å²) in [7, 11) is 0. The molecule has 0 atom stereocenters. The van der Waals surface area contributed by atoms with Crippen LogP contribution in [0.2, 0.25) is 0 Å². The number of pyridine rings is 1. The molecule has 0 saturated carbocycles. The molecule has 2 aromatic heterocycles. The second-order valence-corrected chi connectivity index (χ2v) is 5.65. The summed E-state index contributed by atoms with van der Waals surface area (Å²) in [6.45, 7) is 3.54. The standard InChI is InChI=1S/C14H14N2O2S/c1-9-11(14(17)18)2-3-13(15-9)16-6-4-12-10(8-16)5-7-19-12/h2-3,5,7H,4,6,8H2,1H3,(H,17,18). The zero-order chi connectivity index (χ0) is 13.4. The van der Waals surface area contributed by atoms with Crippen LogP contribution in [0.3, 0.4) is 0 Å². The number of nitrogens with zero attached hydrogens (tertiary/aromatic N) is 2.